The summed E-state index contributed by atoms with van der Waals surface area (Å²) < 4.78 is 39.7. The molecule has 0 saturated carbocycles. The minimum Gasteiger partial charge on any atom is -0.341 e. The quantitative estimate of drug-likeness (QED) is 0.733. The zero-order valence-corrected chi connectivity index (χ0v) is 13.1. The molecule has 2 aromatic rings. The molecule has 6 heteroatoms. The van der Waals surface area contributed by atoms with Gasteiger partial charge in [0.25, 0.3) is 0 Å². The zero-order valence-electron chi connectivity index (χ0n) is 12.4. The van der Waals surface area contributed by atoms with Gasteiger partial charge >= 0.3 is 6.18 Å². The highest BCUT2D eigenvalue weighted by atomic mass is 35.5. The maximum Gasteiger partial charge on any atom is 0.416 e. The second-order valence-corrected chi connectivity index (χ2v) is 5.82. The van der Waals surface area contributed by atoms with Crippen LogP contribution in [0.5, 0.6) is 0 Å². The van der Waals surface area contributed by atoms with Gasteiger partial charge in [-0.1, -0.05) is 29.8 Å². The molecule has 0 amide bonds. The highest BCUT2D eigenvalue weighted by Gasteiger charge is 2.29. The second-order valence-electron chi connectivity index (χ2n) is 5.46. The molecule has 0 bridgehead atoms. The van der Waals surface area contributed by atoms with Crippen LogP contribution in [-0.4, -0.2) is 9.74 Å². The van der Waals surface area contributed by atoms with Crippen molar-refractivity contribution in [1.82, 2.24) is 4.57 Å². The van der Waals surface area contributed by atoms with Gasteiger partial charge in [-0.05, 0) is 42.7 Å². The molecule has 1 aromatic carbocycles. The first-order chi connectivity index (χ1) is 10.8. The lowest BCUT2D eigenvalue weighted by Gasteiger charge is -2.11. The lowest BCUT2D eigenvalue weighted by molar-refractivity contribution is -0.137. The van der Waals surface area contributed by atoms with Crippen molar-refractivity contribution in [1.29, 1.82) is 0 Å². The van der Waals surface area contributed by atoms with Crippen LogP contribution in [0.2, 0.25) is 0 Å². The molecule has 0 unspecified atom stereocenters. The normalized spacial score (nSPS) is 14.8. The SMILES string of the molecule is CC1=CCc2ccn(Cc3ccc(C(F)(F)F)cc3)c2C(Cl)=N1. The Labute approximate surface area is 136 Å². The molecule has 0 radical (unpaired) electrons. The molecule has 0 N–H and O–H groups in total. The van der Waals surface area contributed by atoms with E-state index in [-0.39, 0.29) is 0 Å². The van der Waals surface area contributed by atoms with Crippen molar-refractivity contribution in [3.63, 3.8) is 0 Å². The molecule has 0 atom stereocenters. The van der Waals surface area contributed by atoms with E-state index in [4.69, 9.17) is 11.6 Å². The number of allylic oxidation sites excluding steroid dienone is 2. The predicted molar refractivity (Wildman–Crippen MR) is 84.8 cm³/mol. The summed E-state index contributed by atoms with van der Waals surface area (Å²) in [6, 6.07) is 7.13. The molecule has 120 valence electrons. The molecule has 3 rings (SSSR count). The van der Waals surface area contributed by atoms with Crippen molar-refractivity contribution in [2.24, 2.45) is 4.99 Å². The summed E-state index contributed by atoms with van der Waals surface area (Å²) in [6.07, 6.45) is 0.300. The van der Waals surface area contributed by atoms with Crippen molar-refractivity contribution in [2.75, 3.05) is 0 Å². The minimum atomic E-state index is -4.32. The van der Waals surface area contributed by atoms with E-state index in [9.17, 15) is 13.2 Å². The van der Waals surface area contributed by atoms with Gasteiger partial charge in [0.1, 0.15) is 0 Å². The van der Waals surface area contributed by atoms with E-state index < -0.39 is 11.7 Å². The van der Waals surface area contributed by atoms with Gasteiger partial charge < -0.3 is 4.57 Å². The molecule has 2 heterocycles. The molecule has 1 aromatic heterocycles. The number of nitrogens with zero attached hydrogens (tertiary/aromatic N) is 2. The molecule has 23 heavy (non-hydrogen) atoms. The maximum absolute atomic E-state index is 12.6. The fraction of sp³-hybridized carbons (Fsp3) is 0.235. The summed E-state index contributed by atoms with van der Waals surface area (Å²) in [6.45, 7) is 2.33. The van der Waals surface area contributed by atoms with E-state index in [0.717, 1.165) is 41.1 Å². The second kappa shape index (κ2) is 5.89. The first kappa shape index (κ1) is 15.9. The Morgan fingerprint density at radius 3 is 2.52 bits per heavy atom. The van der Waals surface area contributed by atoms with Gasteiger partial charge in [-0.15, -0.1) is 0 Å². The summed E-state index contributed by atoms with van der Waals surface area (Å²) in [4.78, 5) is 4.31. The summed E-state index contributed by atoms with van der Waals surface area (Å²) in [5, 5.41) is 0.406. The first-order valence-electron chi connectivity index (χ1n) is 7.10. The molecule has 1 aliphatic rings. The molecular formula is C17H14ClF3N2. The lowest BCUT2D eigenvalue weighted by atomic mass is 10.1. The van der Waals surface area contributed by atoms with Gasteiger partial charge in [0.2, 0.25) is 0 Å². The van der Waals surface area contributed by atoms with Crippen LogP contribution in [0.4, 0.5) is 13.2 Å². The van der Waals surface area contributed by atoms with Gasteiger partial charge in [0.15, 0.2) is 5.17 Å². The van der Waals surface area contributed by atoms with Gasteiger partial charge in [-0.2, -0.15) is 13.2 Å². The molecule has 0 spiro atoms. The minimum absolute atomic E-state index is 0.406. The maximum atomic E-state index is 12.6. The van der Waals surface area contributed by atoms with E-state index in [1.54, 1.807) is 0 Å². The summed E-state index contributed by atoms with van der Waals surface area (Å²) in [7, 11) is 0. The summed E-state index contributed by atoms with van der Waals surface area (Å²) in [5.74, 6) is 0. The van der Waals surface area contributed by atoms with E-state index in [1.165, 1.54) is 12.1 Å². The average Bonchev–Trinajstić information content (AvgIpc) is 2.81. The third kappa shape index (κ3) is 3.34. The van der Waals surface area contributed by atoms with Crippen LogP contribution in [0, 0.1) is 0 Å². The van der Waals surface area contributed by atoms with Crippen LogP contribution >= 0.6 is 11.6 Å². The molecular weight excluding hydrogens is 325 g/mol. The number of aromatic nitrogens is 1. The molecule has 0 aliphatic carbocycles. The highest BCUT2D eigenvalue weighted by Crippen LogP contribution is 2.29. The fourth-order valence-electron chi connectivity index (χ4n) is 2.57. The third-order valence-corrected chi connectivity index (χ3v) is 4.03. The van der Waals surface area contributed by atoms with Gasteiger partial charge in [-0.25, -0.2) is 4.99 Å². The van der Waals surface area contributed by atoms with E-state index in [0.29, 0.717) is 11.7 Å². The topological polar surface area (TPSA) is 17.3 Å². The molecule has 1 aliphatic heterocycles. The smallest absolute Gasteiger partial charge is 0.341 e. The summed E-state index contributed by atoms with van der Waals surface area (Å²) >= 11 is 6.28. The number of aliphatic imine (C=N–C) groups is 1. The Morgan fingerprint density at radius 2 is 1.87 bits per heavy atom. The van der Waals surface area contributed by atoms with Crippen molar-refractivity contribution in [3.8, 4) is 0 Å². The number of rotatable bonds is 2. The Kier molecular flexibility index (Phi) is 4.06. The Bertz CT molecular complexity index is 783. The van der Waals surface area contributed by atoms with Crippen LogP contribution in [0.3, 0.4) is 0 Å². The Balaban J connectivity index is 1.88. The van der Waals surface area contributed by atoms with Crippen LogP contribution in [0.1, 0.15) is 29.3 Å². The third-order valence-electron chi connectivity index (χ3n) is 3.77. The summed E-state index contributed by atoms with van der Waals surface area (Å²) in [5.41, 5.74) is 2.86. The van der Waals surface area contributed by atoms with E-state index >= 15 is 0 Å². The average molecular weight is 339 g/mol. The highest BCUT2D eigenvalue weighted by molar-refractivity contribution is 6.69. The van der Waals surface area contributed by atoms with Crippen LogP contribution < -0.4 is 0 Å². The Morgan fingerprint density at radius 1 is 1.17 bits per heavy atom. The van der Waals surface area contributed by atoms with Crippen LogP contribution in [0.15, 0.2) is 53.3 Å². The van der Waals surface area contributed by atoms with Crippen molar-refractivity contribution >= 4 is 16.8 Å². The Hall–Kier alpha value is -2.01. The van der Waals surface area contributed by atoms with E-state index in [1.807, 2.05) is 29.8 Å². The zero-order chi connectivity index (χ0) is 16.6. The lowest BCUT2D eigenvalue weighted by Crippen LogP contribution is -2.09. The van der Waals surface area contributed by atoms with Crippen molar-refractivity contribution < 1.29 is 13.2 Å². The van der Waals surface area contributed by atoms with Crippen LogP contribution in [0.25, 0.3) is 0 Å². The number of hydrogen-bond acceptors (Lipinski definition) is 1. The van der Waals surface area contributed by atoms with E-state index in [2.05, 4.69) is 4.99 Å². The number of alkyl halides is 3. The van der Waals surface area contributed by atoms with Crippen molar-refractivity contribution in [2.45, 2.75) is 26.1 Å². The molecule has 2 nitrogen and oxygen atoms in total. The number of benzene rings is 1. The number of fused-ring (bicyclic) bond motifs is 1. The van der Waals surface area contributed by atoms with Crippen LogP contribution in [-0.2, 0) is 19.1 Å². The standard InChI is InChI=1S/C17H14ClF3N2/c1-11-2-5-13-8-9-23(15(13)16(18)22-11)10-12-3-6-14(7-4-12)17(19,20)21/h2-4,6-9H,5,10H2,1H3. The largest absolute Gasteiger partial charge is 0.416 e. The van der Waals surface area contributed by atoms with Crippen molar-refractivity contribution in [3.05, 3.63) is 70.7 Å². The van der Waals surface area contributed by atoms with Gasteiger partial charge in [0, 0.05) is 18.4 Å². The number of halogens is 4. The molecule has 0 saturated heterocycles. The number of hydrogen-bond donors (Lipinski definition) is 0. The predicted octanol–water partition coefficient (Wildman–Crippen LogP) is 5.00. The van der Waals surface area contributed by atoms with Gasteiger partial charge in [-0.3, -0.25) is 0 Å². The fourth-order valence-corrected chi connectivity index (χ4v) is 2.94. The monoisotopic (exact) mass is 338 g/mol. The first-order valence-corrected chi connectivity index (χ1v) is 7.48. The molecule has 0 fully saturated rings. The van der Waals surface area contributed by atoms with Gasteiger partial charge in [0.05, 0.1) is 11.3 Å².